The van der Waals surface area contributed by atoms with Crippen LogP contribution in [0.3, 0.4) is 0 Å². The maximum absolute atomic E-state index is 12.2. The van der Waals surface area contributed by atoms with E-state index in [2.05, 4.69) is 29.1 Å². The number of hydrogen-bond donors (Lipinski definition) is 1. The zero-order valence-corrected chi connectivity index (χ0v) is 10.5. The van der Waals surface area contributed by atoms with E-state index in [-0.39, 0.29) is 17.4 Å². The summed E-state index contributed by atoms with van der Waals surface area (Å²) in [5.41, 5.74) is 1.68. The van der Waals surface area contributed by atoms with Gasteiger partial charge in [-0.1, -0.05) is 13.8 Å². The highest BCUT2D eigenvalue weighted by molar-refractivity contribution is 6.05. The van der Waals surface area contributed by atoms with Crippen molar-refractivity contribution < 1.29 is 4.79 Å². The van der Waals surface area contributed by atoms with Crippen LogP contribution in [0.5, 0.6) is 0 Å². The molecule has 0 saturated heterocycles. The van der Waals surface area contributed by atoms with E-state index in [1.54, 1.807) is 24.7 Å². The van der Waals surface area contributed by atoms with Crippen LogP contribution in [0.2, 0.25) is 0 Å². The molecule has 2 aromatic heterocycles. The third kappa shape index (κ3) is 1.83. The van der Waals surface area contributed by atoms with E-state index in [1.165, 1.54) is 0 Å². The number of amides is 1. The summed E-state index contributed by atoms with van der Waals surface area (Å²) in [5.74, 6) is -0.0361. The van der Waals surface area contributed by atoms with Gasteiger partial charge in [0.1, 0.15) is 0 Å². The standard InChI is InChI=1S/C14H15N3O/c1-14(2)7-12(14)17-13(18)9-3-6-16-11-4-5-15-8-10(9)11/h3-6,8,12H,7H2,1-2H3,(H,17,18)/t12-/m0/s1. The molecule has 4 nitrogen and oxygen atoms in total. The molecule has 1 amide bonds. The van der Waals surface area contributed by atoms with Crippen molar-refractivity contribution in [1.29, 1.82) is 0 Å². The summed E-state index contributed by atoms with van der Waals surface area (Å²) in [5, 5.41) is 3.86. The lowest BCUT2D eigenvalue weighted by atomic mass is 10.1. The molecule has 4 heteroatoms. The number of hydrogen-bond acceptors (Lipinski definition) is 3. The largest absolute Gasteiger partial charge is 0.349 e. The molecule has 0 aromatic carbocycles. The second kappa shape index (κ2) is 3.77. The molecule has 2 aromatic rings. The number of rotatable bonds is 2. The van der Waals surface area contributed by atoms with E-state index < -0.39 is 0 Å². The van der Waals surface area contributed by atoms with Crippen molar-refractivity contribution in [3.05, 3.63) is 36.3 Å². The number of carbonyl (C=O) groups excluding carboxylic acids is 1. The van der Waals surface area contributed by atoms with Crippen molar-refractivity contribution in [3.8, 4) is 0 Å². The van der Waals surface area contributed by atoms with Gasteiger partial charge in [0.25, 0.3) is 5.91 Å². The molecule has 0 bridgehead atoms. The van der Waals surface area contributed by atoms with Crippen LogP contribution < -0.4 is 5.32 Å². The lowest BCUT2D eigenvalue weighted by molar-refractivity contribution is 0.0948. The van der Waals surface area contributed by atoms with E-state index in [1.807, 2.05) is 6.07 Å². The number of pyridine rings is 2. The molecule has 3 rings (SSSR count). The summed E-state index contributed by atoms with van der Waals surface area (Å²) in [4.78, 5) is 20.5. The topological polar surface area (TPSA) is 54.9 Å². The maximum Gasteiger partial charge on any atom is 0.252 e. The normalized spacial score (nSPS) is 20.7. The summed E-state index contributed by atoms with van der Waals surface area (Å²) in [6, 6.07) is 3.84. The molecule has 2 heterocycles. The van der Waals surface area contributed by atoms with Crippen LogP contribution in [0.25, 0.3) is 10.9 Å². The van der Waals surface area contributed by atoms with Gasteiger partial charge in [-0.05, 0) is 24.0 Å². The summed E-state index contributed by atoms with van der Waals surface area (Å²) in [7, 11) is 0. The Bertz CT molecular complexity index is 616. The number of nitrogens with zero attached hydrogens (tertiary/aromatic N) is 2. The summed E-state index contributed by atoms with van der Waals surface area (Å²) < 4.78 is 0. The number of carbonyl (C=O) groups is 1. The van der Waals surface area contributed by atoms with Crippen LogP contribution >= 0.6 is 0 Å². The molecule has 1 N–H and O–H groups in total. The van der Waals surface area contributed by atoms with Gasteiger partial charge in [0.2, 0.25) is 0 Å². The lowest BCUT2D eigenvalue weighted by Gasteiger charge is -2.08. The summed E-state index contributed by atoms with van der Waals surface area (Å²) >= 11 is 0. The molecule has 1 fully saturated rings. The van der Waals surface area contributed by atoms with Crippen molar-refractivity contribution in [3.63, 3.8) is 0 Å². The number of fused-ring (bicyclic) bond motifs is 1. The molecule has 0 spiro atoms. The highest BCUT2D eigenvalue weighted by Crippen LogP contribution is 2.44. The maximum atomic E-state index is 12.2. The van der Waals surface area contributed by atoms with Gasteiger partial charge in [-0.25, -0.2) is 0 Å². The minimum absolute atomic E-state index is 0.0361. The van der Waals surface area contributed by atoms with Crippen LogP contribution in [0.4, 0.5) is 0 Å². The predicted molar refractivity (Wildman–Crippen MR) is 69.2 cm³/mol. The smallest absolute Gasteiger partial charge is 0.252 e. The lowest BCUT2D eigenvalue weighted by Crippen LogP contribution is -2.28. The van der Waals surface area contributed by atoms with Crippen LogP contribution in [0, 0.1) is 5.41 Å². The Hall–Kier alpha value is -1.97. The van der Waals surface area contributed by atoms with Gasteiger partial charge in [0.15, 0.2) is 0 Å². The Kier molecular flexibility index (Phi) is 2.33. The Balaban J connectivity index is 1.92. The van der Waals surface area contributed by atoms with E-state index >= 15 is 0 Å². The van der Waals surface area contributed by atoms with Crippen molar-refractivity contribution in [1.82, 2.24) is 15.3 Å². The molecule has 0 radical (unpaired) electrons. The van der Waals surface area contributed by atoms with Crippen LogP contribution in [-0.2, 0) is 0 Å². The molecule has 0 aliphatic heterocycles. The third-order valence-electron chi connectivity index (χ3n) is 3.61. The quantitative estimate of drug-likeness (QED) is 0.876. The van der Waals surface area contributed by atoms with Gasteiger partial charge in [0, 0.05) is 30.0 Å². The van der Waals surface area contributed by atoms with Gasteiger partial charge in [-0.15, -0.1) is 0 Å². The van der Waals surface area contributed by atoms with Crippen molar-refractivity contribution in [2.75, 3.05) is 0 Å². The fourth-order valence-corrected chi connectivity index (χ4v) is 2.14. The number of nitrogens with one attached hydrogen (secondary N) is 1. The van der Waals surface area contributed by atoms with Gasteiger partial charge >= 0.3 is 0 Å². The summed E-state index contributed by atoms with van der Waals surface area (Å²) in [6.45, 7) is 4.31. The highest BCUT2D eigenvalue weighted by Gasteiger charge is 2.46. The summed E-state index contributed by atoms with van der Waals surface area (Å²) in [6.07, 6.45) is 6.08. The zero-order chi connectivity index (χ0) is 12.8. The second-order valence-corrected chi connectivity index (χ2v) is 5.47. The molecule has 1 aliphatic carbocycles. The molecule has 1 aliphatic rings. The minimum atomic E-state index is -0.0361. The Labute approximate surface area is 105 Å². The average Bonchev–Trinajstić information content (AvgIpc) is 2.95. The zero-order valence-electron chi connectivity index (χ0n) is 10.5. The fraction of sp³-hybridized carbons (Fsp3) is 0.357. The SMILES string of the molecule is CC1(C)C[C@@H]1NC(=O)c1ccnc2ccncc12. The van der Waals surface area contributed by atoms with E-state index in [4.69, 9.17) is 0 Å². The van der Waals surface area contributed by atoms with Crippen LogP contribution in [-0.4, -0.2) is 21.9 Å². The molecule has 0 unspecified atom stereocenters. The van der Waals surface area contributed by atoms with Crippen molar-refractivity contribution in [2.24, 2.45) is 5.41 Å². The van der Waals surface area contributed by atoms with Crippen molar-refractivity contribution >= 4 is 16.8 Å². The van der Waals surface area contributed by atoms with Crippen LogP contribution in [0.15, 0.2) is 30.7 Å². The van der Waals surface area contributed by atoms with E-state index in [0.29, 0.717) is 5.56 Å². The molecule has 1 saturated carbocycles. The molecule has 1 atom stereocenters. The first-order chi connectivity index (χ1) is 8.58. The highest BCUT2D eigenvalue weighted by atomic mass is 16.1. The Morgan fingerprint density at radius 3 is 2.89 bits per heavy atom. The Morgan fingerprint density at radius 2 is 2.17 bits per heavy atom. The first-order valence-corrected chi connectivity index (χ1v) is 6.07. The van der Waals surface area contributed by atoms with Gasteiger partial charge in [-0.2, -0.15) is 0 Å². The van der Waals surface area contributed by atoms with Gasteiger partial charge in [0.05, 0.1) is 11.1 Å². The van der Waals surface area contributed by atoms with E-state index in [0.717, 1.165) is 17.3 Å². The van der Waals surface area contributed by atoms with Crippen molar-refractivity contribution in [2.45, 2.75) is 26.3 Å². The first kappa shape index (κ1) is 11.1. The molecular formula is C14H15N3O. The Morgan fingerprint density at radius 1 is 1.39 bits per heavy atom. The fourth-order valence-electron chi connectivity index (χ4n) is 2.14. The predicted octanol–water partition coefficient (Wildman–Crippen LogP) is 2.16. The second-order valence-electron chi connectivity index (χ2n) is 5.47. The third-order valence-corrected chi connectivity index (χ3v) is 3.61. The van der Waals surface area contributed by atoms with Gasteiger partial charge in [-0.3, -0.25) is 14.8 Å². The van der Waals surface area contributed by atoms with E-state index in [9.17, 15) is 4.79 Å². The minimum Gasteiger partial charge on any atom is -0.349 e. The molecule has 92 valence electrons. The monoisotopic (exact) mass is 241 g/mol. The first-order valence-electron chi connectivity index (χ1n) is 6.07. The van der Waals surface area contributed by atoms with Gasteiger partial charge < -0.3 is 5.32 Å². The average molecular weight is 241 g/mol. The molecular weight excluding hydrogens is 226 g/mol. The van der Waals surface area contributed by atoms with Crippen LogP contribution in [0.1, 0.15) is 30.6 Å². The molecule has 18 heavy (non-hydrogen) atoms. The number of aromatic nitrogens is 2.